The largest absolute Gasteiger partial charge is 0.322 e. The molecule has 2 rings (SSSR count). The Morgan fingerprint density at radius 2 is 2.28 bits per heavy atom. The number of halogens is 1. The lowest BCUT2D eigenvalue weighted by atomic mass is 10.2. The average Bonchev–Trinajstić information content (AvgIpc) is 3.16. The van der Waals surface area contributed by atoms with Gasteiger partial charge in [0.1, 0.15) is 5.82 Å². The summed E-state index contributed by atoms with van der Waals surface area (Å²) in [6, 6.07) is 5.81. The van der Waals surface area contributed by atoms with Crippen LogP contribution in [0.4, 0.5) is 10.1 Å². The Balaban J connectivity index is 1.84. The van der Waals surface area contributed by atoms with E-state index < -0.39 is 5.82 Å². The summed E-state index contributed by atoms with van der Waals surface area (Å²) in [7, 11) is 0. The Hall–Kier alpha value is -1.93. The second kappa shape index (κ2) is 5.61. The Kier molecular flexibility index (Phi) is 3.90. The quantitative estimate of drug-likeness (QED) is 0.831. The van der Waals surface area contributed by atoms with Gasteiger partial charge in [0, 0.05) is 0 Å². The Morgan fingerprint density at radius 3 is 2.89 bits per heavy atom. The predicted molar refractivity (Wildman–Crippen MR) is 65.3 cm³/mol. The lowest BCUT2D eigenvalue weighted by Gasteiger charge is -2.07. The van der Waals surface area contributed by atoms with Crippen LogP contribution < -0.4 is 10.6 Å². The molecule has 1 aromatic rings. The van der Waals surface area contributed by atoms with Crippen molar-refractivity contribution in [1.29, 1.82) is 5.26 Å². The highest BCUT2D eigenvalue weighted by molar-refractivity contribution is 5.92. The highest BCUT2D eigenvalue weighted by Gasteiger charge is 2.20. The Bertz CT molecular complexity index is 491. The van der Waals surface area contributed by atoms with Crippen molar-refractivity contribution in [3.05, 3.63) is 29.6 Å². The minimum absolute atomic E-state index is 0.104. The molecule has 0 aliphatic heterocycles. The summed E-state index contributed by atoms with van der Waals surface area (Å²) >= 11 is 0. The van der Waals surface area contributed by atoms with Crippen LogP contribution in [0.3, 0.4) is 0 Å². The van der Waals surface area contributed by atoms with E-state index in [-0.39, 0.29) is 23.7 Å². The van der Waals surface area contributed by atoms with Gasteiger partial charge in [0.05, 0.1) is 23.9 Å². The zero-order valence-corrected chi connectivity index (χ0v) is 9.87. The Morgan fingerprint density at radius 1 is 1.50 bits per heavy atom. The SMILES string of the molecule is N#Cc1ccc(NC(=O)CNCC2CC2)c(F)c1. The minimum atomic E-state index is -0.593. The summed E-state index contributed by atoms with van der Waals surface area (Å²) in [4.78, 5) is 11.5. The topological polar surface area (TPSA) is 64.9 Å². The van der Waals surface area contributed by atoms with Gasteiger partial charge < -0.3 is 10.6 Å². The van der Waals surface area contributed by atoms with Crippen molar-refractivity contribution in [2.24, 2.45) is 5.92 Å². The second-order valence-electron chi connectivity index (χ2n) is 4.43. The van der Waals surface area contributed by atoms with E-state index in [4.69, 9.17) is 5.26 Å². The molecule has 0 radical (unpaired) electrons. The number of rotatable bonds is 5. The van der Waals surface area contributed by atoms with Gasteiger partial charge in [-0.3, -0.25) is 4.79 Å². The third-order valence-corrected chi connectivity index (χ3v) is 2.79. The first-order valence-corrected chi connectivity index (χ1v) is 5.89. The third kappa shape index (κ3) is 3.54. The third-order valence-electron chi connectivity index (χ3n) is 2.79. The van der Waals surface area contributed by atoms with E-state index in [1.54, 1.807) is 0 Å². The van der Waals surface area contributed by atoms with Crippen molar-refractivity contribution in [3.63, 3.8) is 0 Å². The predicted octanol–water partition coefficient (Wildman–Crippen LogP) is 1.64. The van der Waals surface area contributed by atoms with Gasteiger partial charge in [-0.05, 0) is 43.5 Å². The van der Waals surface area contributed by atoms with Gasteiger partial charge >= 0.3 is 0 Å². The number of nitrogens with one attached hydrogen (secondary N) is 2. The number of carbonyl (C=O) groups is 1. The van der Waals surface area contributed by atoms with E-state index in [0.717, 1.165) is 12.6 Å². The van der Waals surface area contributed by atoms with Gasteiger partial charge in [-0.25, -0.2) is 4.39 Å². The molecule has 0 heterocycles. The van der Waals surface area contributed by atoms with Crippen molar-refractivity contribution in [1.82, 2.24) is 5.32 Å². The van der Waals surface area contributed by atoms with Crippen molar-refractivity contribution in [2.75, 3.05) is 18.4 Å². The molecule has 0 aromatic heterocycles. The number of benzene rings is 1. The molecule has 1 aliphatic carbocycles. The van der Waals surface area contributed by atoms with Gasteiger partial charge in [0.25, 0.3) is 0 Å². The lowest BCUT2D eigenvalue weighted by molar-refractivity contribution is -0.115. The van der Waals surface area contributed by atoms with Crippen molar-refractivity contribution < 1.29 is 9.18 Å². The van der Waals surface area contributed by atoms with E-state index in [1.165, 1.54) is 25.0 Å². The summed E-state index contributed by atoms with van der Waals surface area (Å²) in [5.74, 6) is -0.173. The first kappa shape index (κ1) is 12.5. The number of anilines is 1. The van der Waals surface area contributed by atoms with Gasteiger partial charge in [-0.2, -0.15) is 5.26 Å². The number of amides is 1. The zero-order valence-electron chi connectivity index (χ0n) is 9.87. The molecular formula is C13H14FN3O. The molecule has 1 saturated carbocycles. The van der Waals surface area contributed by atoms with Crippen LogP contribution >= 0.6 is 0 Å². The van der Waals surface area contributed by atoms with Crippen LogP contribution in [-0.2, 0) is 4.79 Å². The van der Waals surface area contributed by atoms with Gasteiger partial charge in [0.15, 0.2) is 0 Å². The first-order valence-electron chi connectivity index (χ1n) is 5.89. The highest BCUT2D eigenvalue weighted by atomic mass is 19.1. The Labute approximate surface area is 105 Å². The fourth-order valence-corrected chi connectivity index (χ4v) is 1.59. The monoisotopic (exact) mass is 247 g/mol. The fourth-order valence-electron chi connectivity index (χ4n) is 1.59. The number of carbonyl (C=O) groups excluding carboxylic acids is 1. The maximum absolute atomic E-state index is 13.5. The standard InChI is InChI=1S/C13H14FN3O/c14-11-5-10(6-15)3-4-12(11)17-13(18)8-16-7-9-1-2-9/h3-5,9,16H,1-2,7-8H2,(H,17,18). The molecule has 94 valence electrons. The highest BCUT2D eigenvalue weighted by Crippen LogP contribution is 2.27. The normalized spacial score (nSPS) is 14.0. The van der Waals surface area contributed by atoms with E-state index in [0.29, 0.717) is 5.92 Å². The molecular weight excluding hydrogens is 233 g/mol. The molecule has 18 heavy (non-hydrogen) atoms. The maximum Gasteiger partial charge on any atom is 0.238 e. The zero-order chi connectivity index (χ0) is 13.0. The van der Waals surface area contributed by atoms with E-state index >= 15 is 0 Å². The van der Waals surface area contributed by atoms with E-state index in [9.17, 15) is 9.18 Å². The first-order chi connectivity index (χ1) is 8.69. The number of hydrogen-bond acceptors (Lipinski definition) is 3. The molecule has 1 aromatic carbocycles. The van der Waals surface area contributed by atoms with Crippen LogP contribution in [0, 0.1) is 23.1 Å². The van der Waals surface area contributed by atoms with Crippen LogP contribution in [-0.4, -0.2) is 19.0 Å². The van der Waals surface area contributed by atoms with Crippen LogP contribution in [0.1, 0.15) is 18.4 Å². The van der Waals surface area contributed by atoms with E-state index in [2.05, 4.69) is 10.6 Å². The second-order valence-corrected chi connectivity index (χ2v) is 4.43. The molecule has 0 atom stereocenters. The molecule has 0 bridgehead atoms. The van der Waals surface area contributed by atoms with E-state index in [1.807, 2.05) is 6.07 Å². The molecule has 5 heteroatoms. The fraction of sp³-hybridized carbons (Fsp3) is 0.385. The summed E-state index contributed by atoms with van der Waals surface area (Å²) in [6.07, 6.45) is 2.44. The molecule has 1 fully saturated rings. The summed E-state index contributed by atoms with van der Waals surface area (Å²) in [6.45, 7) is 1.01. The smallest absolute Gasteiger partial charge is 0.238 e. The summed E-state index contributed by atoms with van der Waals surface area (Å²) in [5, 5.41) is 14.1. The van der Waals surface area contributed by atoms with Crippen molar-refractivity contribution in [3.8, 4) is 6.07 Å². The molecule has 0 saturated heterocycles. The molecule has 4 nitrogen and oxygen atoms in total. The van der Waals surface area contributed by atoms with Gasteiger partial charge in [-0.1, -0.05) is 0 Å². The van der Waals surface area contributed by atoms with Crippen LogP contribution in [0.5, 0.6) is 0 Å². The molecule has 0 spiro atoms. The molecule has 1 aliphatic rings. The number of hydrogen-bond donors (Lipinski definition) is 2. The van der Waals surface area contributed by atoms with Gasteiger partial charge in [0.2, 0.25) is 5.91 Å². The average molecular weight is 247 g/mol. The van der Waals surface area contributed by atoms with Crippen LogP contribution in [0.2, 0.25) is 0 Å². The summed E-state index contributed by atoms with van der Waals surface area (Å²) in [5.41, 5.74) is 0.338. The van der Waals surface area contributed by atoms with Gasteiger partial charge in [-0.15, -0.1) is 0 Å². The van der Waals surface area contributed by atoms with Crippen LogP contribution in [0.25, 0.3) is 0 Å². The summed E-state index contributed by atoms with van der Waals surface area (Å²) < 4.78 is 13.5. The van der Waals surface area contributed by atoms with Crippen molar-refractivity contribution in [2.45, 2.75) is 12.8 Å². The number of nitriles is 1. The molecule has 0 unspecified atom stereocenters. The minimum Gasteiger partial charge on any atom is -0.322 e. The van der Waals surface area contributed by atoms with Crippen molar-refractivity contribution >= 4 is 11.6 Å². The number of nitrogens with zero attached hydrogens (tertiary/aromatic N) is 1. The molecule has 2 N–H and O–H groups in total. The lowest BCUT2D eigenvalue weighted by Crippen LogP contribution is -2.29. The maximum atomic E-state index is 13.5. The molecule has 1 amide bonds. The van der Waals surface area contributed by atoms with Crippen LogP contribution in [0.15, 0.2) is 18.2 Å².